The van der Waals surface area contributed by atoms with E-state index in [9.17, 15) is 4.79 Å². The van der Waals surface area contributed by atoms with Gasteiger partial charge in [0.25, 0.3) is 0 Å². The van der Waals surface area contributed by atoms with Crippen molar-refractivity contribution in [3.8, 4) is 0 Å². The summed E-state index contributed by atoms with van der Waals surface area (Å²) in [5.74, 6) is 0. The molecule has 0 saturated heterocycles. The molecule has 0 radical (unpaired) electrons. The molecule has 0 aliphatic carbocycles. The van der Waals surface area contributed by atoms with E-state index in [0.29, 0.717) is 6.42 Å². The van der Waals surface area contributed by atoms with Crippen molar-refractivity contribution >= 4 is 6.29 Å². The lowest BCUT2D eigenvalue weighted by molar-refractivity contribution is -0.116. The first-order chi connectivity index (χ1) is 4.70. The van der Waals surface area contributed by atoms with Crippen LogP contribution >= 0.6 is 0 Å². The van der Waals surface area contributed by atoms with E-state index in [1.807, 2.05) is 19.9 Å². The second kappa shape index (κ2) is 5.18. The van der Waals surface area contributed by atoms with Crippen LogP contribution in [0.5, 0.6) is 0 Å². The first-order valence-electron chi connectivity index (χ1n) is 3.32. The van der Waals surface area contributed by atoms with Crippen LogP contribution in [0, 0.1) is 0 Å². The molecule has 0 amide bonds. The van der Waals surface area contributed by atoms with Crippen molar-refractivity contribution in [1.29, 1.82) is 0 Å². The third-order valence-corrected chi connectivity index (χ3v) is 1.21. The molecule has 0 aromatic carbocycles. The van der Waals surface area contributed by atoms with E-state index >= 15 is 0 Å². The third-order valence-electron chi connectivity index (χ3n) is 1.21. The fourth-order valence-corrected chi connectivity index (χ4v) is 0.559. The first kappa shape index (κ1) is 9.37. The summed E-state index contributed by atoms with van der Waals surface area (Å²) >= 11 is 0. The molecule has 58 valence electrons. The average Bonchev–Trinajstić information content (AvgIpc) is 1.90. The van der Waals surface area contributed by atoms with Gasteiger partial charge in [-0.05, 0) is 20.3 Å². The number of hydrogen-bond donors (Lipinski definition) is 0. The van der Waals surface area contributed by atoms with Gasteiger partial charge in [0.2, 0.25) is 0 Å². The number of ether oxygens (including phenoxy) is 1. The highest BCUT2D eigenvalue weighted by molar-refractivity contribution is 5.56. The molecular formula is C8H14O2. The summed E-state index contributed by atoms with van der Waals surface area (Å²) in [5.41, 5.74) is 1.21. The number of methoxy groups -OCH3 is 1. The quantitative estimate of drug-likeness (QED) is 0.440. The standard InChI is InChI=1S/C8H14O2/c1-7(2)4-5-8(6-9)10-3/h4,6,8H,5H2,1-3H3. The number of carbonyl (C=O) groups excluding carboxylic acids is 1. The molecule has 0 N–H and O–H groups in total. The number of carbonyl (C=O) groups is 1. The van der Waals surface area contributed by atoms with Crippen LogP contribution in [0.2, 0.25) is 0 Å². The van der Waals surface area contributed by atoms with Gasteiger partial charge in [-0.2, -0.15) is 0 Å². The zero-order valence-corrected chi connectivity index (χ0v) is 6.76. The fourth-order valence-electron chi connectivity index (χ4n) is 0.559. The van der Waals surface area contributed by atoms with Crippen molar-refractivity contribution in [2.75, 3.05) is 7.11 Å². The second-order valence-corrected chi connectivity index (χ2v) is 2.43. The van der Waals surface area contributed by atoms with Gasteiger partial charge in [0.05, 0.1) is 0 Å². The minimum atomic E-state index is -0.269. The molecule has 0 aliphatic rings. The van der Waals surface area contributed by atoms with Gasteiger partial charge in [0.1, 0.15) is 12.4 Å². The Hall–Kier alpha value is -0.630. The van der Waals surface area contributed by atoms with Crippen LogP contribution in [0.1, 0.15) is 20.3 Å². The molecule has 10 heavy (non-hydrogen) atoms. The SMILES string of the molecule is COC(C=O)CC=C(C)C. The number of rotatable bonds is 4. The summed E-state index contributed by atoms with van der Waals surface area (Å²) in [6.07, 6.45) is 3.22. The Morgan fingerprint density at radius 2 is 2.20 bits per heavy atom. The summed E-state index contributed by atoms with van der Waals surface area (Å²) in [7, 11) is 1.54. The van der Waals surface area contributed by atoms with Gasteiger partial charge in [-0.15, -0.1) is 0 Å². The van der Waals surface area contributed by atoms with Crippen LogP contribution in [0.4, 0.5) is 0 Å². The van der Waals surface area contributed by atoms with E-state index < -0.39 is 0 Å². The molecular weight excluding hydrogens is 128 g/mol. The summed E-state index contributed by atoms with van der Waals surface area (Å²) in [5, 5.41) is 0. The van der Waals surface area contributed by atoms with E-state index in [-0.39, 0.29) is 6.10 Å². The zero-order valence-electron chi connectivity index (χ0n) is 6.76. The highest BCUT2D eigenvalue weighted by Crippen LogP contribution is 1.98. The van der Waals surface area contributed by atoms with Gasteiger partial charge in [-0.3, -0.25) is 0 Å². The Morgan fingerprint density at radius 3 is 2.50 bits per heavy atom. The van der Waals surface area contributed by atoms with E-state index in [1.165, 1.54) is 12.7 Å². The lowest BCUT2D eigenvalue weighted by Gasteiger charge is -2.03. The predicted octanol–water partition coefficient (Wildman–Crippen LogP) is 1.56. The van der Waals surface area contributed by atoms with E-state index in [2.05, 4.69) is 0 Å². The van der Waals surface area contributed by atoms with Crippen LogP contribution in [0.3, 0.4) is 0 Å². The van der Waals surface area contributed by atoms with Crippen LogP contribution in [0.15, 0.2) is 11.6 Å². The molecule has 2 nitrogen and oxygen atoms in total. The largest absolute Gasteiger partial charge is 0.374 e. The number of hydrogen-bond acceptors (Lipinski definition) is 2. The Balaban J connectivity index is 3.64. The minimum Gasteiger partial charge on any atom is -0.374 e. The van der Waals surface area contributed by atoms with Crippen LogP contribution < -0.4 is 0 Å². The molecule has 0 spiro atoms. The molecule has 0 heterocycles. The van der Waals surface area contributed by atoms with Crippen molar-refractivity contribution in [1.82, 2.24) is 0 Å². The van der Waals surface area contributed by atoms with E-state index in [0.717, 1.165) is 6.29 Å². The number of aldehydes is 1. The maximum Gasteiger partial charge on any atom is 0.149 e. The van der Waals surface area contributed by atoms with Gasteiger partial charge >= 0.3 is 0 Å². The first-order valence-corrected chi connectivity index (χ1v) is 3.32. The van der Waals surface area contributed by atoms with Crippen molar-refractivity contribution in [3.63, 3.8) is 0 Å². The molecule has 0 bridgehead atoms. The third kappa shape index (κ3) is 4.27. The van der Waals surface area contributed by atoms with Crippen molar-refractivity contribution in [2.45, 2.75) is 26.4 Å². The van der Waals surface area contributed by atoms with Gasteiger partial charge in [0, 0.05) is 7.11 Å². The Kier molecular flexibility index (Phi) is 4.85. The van der Waals surface area contributed by atoms with Gasteiger partial charge < -0.3 is 9.53 Å². The number of allylic oxidation sites excluding steroid dienone is 1. The normalized spacial score (nSPS) is 12.3. The molecule has 1 unspecified atom stereocenters. The summed E-state index contributed by atoms with van der Waals surface area (Å²) < 4.78 is 4.84. The molecule has 0 fully saturated rings. The van der Waals surface area contributed by atoms with Crippen molar-refractivity contribution < 1.29 is 9.53 Å². The van der Waals surface area contributed by atoms with Crippen LogP contribution in [-0.2, 0) is 9.53 Å². The molecule has 2 heteroatoms. The zero-order chi connectivity index (χ0) is 7.98. The lowest BCUT2D eigenvalue weighted by Crippen LogP contribution is -2.10. The summed E-state index contributed by atoms with van der Waals surface area (Å²) in [6.45, 7) is 4.00. The predicted molar refractivity (Wildman–Crippen MR) is 40.9 cm³/mol. The maximum absolute atomic E-state index is 10.2. The summed E-state index contributed by atoms with van der Waals surface area (Å²) in [6, 6.07) is 0. The molecule has 1 atom stereocenters. The van der Waals surface area contributed by atoms with E-state index in [1.54, 1.807) is 0 Å². The Morgan fingerprint density at radius 1 is 1.60 bits per heavy atom. The van der Waals surface area contributed by atoms with Crippen LogP contribution in [-0.4, -0.2) is 19.5 Å². The molecule has 0 saturated carbocycles. The average molecular weight is 142 g/mol. The minimum absolute atomic E-state index is 0.269. The molecule has 0 rings (SSSR count). The maximum atomic E-state index is 10.2. The molecule has 0 aromatic rings. The second-order valence-electron chi connectivity index (χ2n) is 2.43. The molecule has 0 aliphatic heterocycles. The molecule has 0 aromatic heterocycles. The van der Waals surface area contributed by atoms with Crippen molar-refractivity contribution in [2.24, 2.45) is 0 Å². The van der Waals surface area contributed by atoms with Crippen LogP contribution in [0.25, 0.3) is 0 Å². The van der Waals surface area contributed by atoms with Gasteiger partial charge in [-0.25, -0.2) is 0 Å². The topological polar surface area (TPSA) is 26.3 Å². The Bertz CT molecular complexity index is 123. The monoisotopic (exact) mass is 142 g/mol. The lowest BCUT2D eigenvalue weighted by atomic mass is 10.2. The smallest absolute Gasteiger partial charge is 0.149 e. The van der Waals surface area contributed by atoms with Gasteiger partial charge in [-0.1, -0.05) is 11.6 Å². The fraction of sp³-hybridized carbons (Fsp3) is 0.625. The van der Waals surface area contributed by atoms with Gasteiger partial charge in [0.15, 0.2) is 0 Å². The van der Waals surface area contributed by atoms with Crippen molar-refractivity contribution in [3.05, 3.63) is 11.6 Å². The Labute approximate surface area is 61.9 Å². The summed E-state index contributed by atoms with van der Waals surface area (Å²) in [4.78, 5) is 10.2. The van der Waals surface area contributed by atoms with E-state index in [4.69, 9.17) is 4.74 Å². The highest BCUT2D eigenvalue weighted by atomic mass is 16.5. The highest BCUT2D eigenvalue weighted by Gasteiger charge is 2.00.